The number of aromatic nitrogens is 1. The first-order chi connectivity index (χ1) is 10.6. The van der Waals surface area contributed by atoms with E-state index in [1.165, 1.54) is 37.7 Å². The second kappa shape index (κ2) is 9.94. The van der Waals surface area contributed by atoms with Crippen LogP contribution in [-0.4, -0.2) is 11.5 Å². The Labute approximate surface area is 141 Å². The summed E-state index contributed by atoms with van der Waals surface area (Å²) in [6.07, 6.45) is 8.21. The third-order valence-corrected chi connectivity index (χ3v) is 4.47. The van der Waals surface area contributed by atoms with E-state index < -0.39 is 0 Å². The smallest absolute Gasteiger partial charge is 0.154 e. The number of halogens is 1. The monoisotopic (exact) mass is 325 g/mol. The topological polar surface area (TPSA) is 50.9 Å². The Hall–Kier alpha value is -0.960. The molecule has 1 atom stereocenters. The number of fused-ring (bicyclic) bond motifs is 1. The number of pyridine rings is 1. The summed E-state index contributed by atoms with van der Waals surface area (Å²) in [5.41, 5.74) is 10.2. The highest BCUT2D eigenvalue weighted by atomic mass is 35.5. The number of nitrogen functional groups attached to an aromatic ring is 1. The molecule has 3 N–H and O–H groups in total. The van der Waals surface area contributed by atoms with Crippen molar-refractivity contribution in [2.75, 3.05) is 17.6 Å². The molecule has 0 aliphatic heterocycles. The van der Waals surface area contributed by atoms with E-state index in [4.69, 9.17) is 17.3 Å². The number of rotatable bonds is 6. The van der Waals surface area contributed by atoms with Crippen LogP contribution in [0.3, 0.4) is 0 Å². The molecule has 0 fully saturated rings. The van der Waals surface area contributed by atoms with Crippen LogP contribution in [0, 0.1) is 5.92 Å². The van der Waals surface area contributed by atoms with Gasteiger partial charge in [-0.15, -0.1) is 0 Å². The van der Waals surface area contributed by atoms with Gasteiger partial charge in [-0.25, -0.2) is 4.98 Å². The number of anilines is 2. The summed E-state index contributed by atoms with van der Waals surface area (Å²) in [6, 6.07) is 0. The molecule has 4 heteroatoms. The lowest BCUT2D eigenvalue weighted by molar-refractivity contribution is 0.499. The highest BCUT2D eigenvalue weighted by Crippen LogP contribution is 2.35. The summed E-state index contributed by atoms with van der Waals surface area (Å²) in [6.45, 7) is 9.50. The molecule has 126 valence electrons. The van der Waals surface area contributed by atoms with Crippen molar-refractivity contribution in [2.45, 2.75) is 72.6 Å². The molecule has 0 amide bonds. The van der Waals surface area contributed by atoms with Crippen LogP contribution < -0.4 is 11.1 Å². The highest BCUT2D eigenvalue weighted by Gasteiger charge is 2.19. The standard InChI is InChI=1S/C16H26ClN3.C2H6/c1-3-6-11(2)9-10-19-15-12-7-4-5-8-13(12)20-16(17)14(15)18;1-2/h11H,3-10,18H2,1-2H3,(H,19,20);1-2H3. The van der Waals surface area contributed by atoms with Crippen LogP contribution in [0.2, 0.25) is 5.15 Å². The van der Waals surface area contributed by atoms with Gasteiger partial charge in [0.05, 0.1) is 11.4 Å². The summed E-state index contributed by atoms with van der Waals surface area (Å²) < 4.78 is 0. The van der Waals surface area contributed by atoms with Gasteiger partial charge in [-0.2, -0.15) is 0 Å². The predicted octanol–water partition coefficient (Wildman–Crippen LogP) is 5.46. The van der Waals surface area contributed by atoms with Crippen LogP contribution in [0.25, 0.3) is 0 Å². The Morgan fingerprint density at radius 2 is 1.91 bits per heavy atom. The molecule has 22 heavy (non-hydrogen) atoms. The molecule has 0 aromatic carbocycles. The van der Waals surface area contributed by atoms with Crippen LogP contribution in [0.4, 0.5) is 11.4 Å². The first-order valence-corrected chi connectivity index (χ1v) is 9.21. The van der Waals surface area contributed by atoms with Gasteiger partial charge in [0.2, 0.25) is 0 Å². The minimum atomic E-state index is 0.453. The van der Waals surface area contributed by atoms with Crippen molar-refractivity contribution >= 4 is 23.0 Å². The molecule has 3 nitrogen and oxygen atoms in total. The van der Waals surface area contributed by atoms with Crippen LogP contribution in [0.5, 0.6) is 0 Å². The summed E-state index contributed by atoms with van der Waals surface area (Å²) in [7, 11) is 0. The largest absolute Gasteiger partial charge is 0.395 e. The van der Waals surface area contributed by atoms with Gasteiger partial charge in [0.25, 0.3) is 0 Å². The van der Waals surface area contributed by atoms with Crippen molar-refractivity contribution in [1.29, 1.82) is 0 Å². The van der Waals surface area contributed by atoms with Gasteiger partial charge in [0.1, 0.15) is 0 Å². The Bertz CT molecular complexity index is 460. The molecule has 1 heterocycles. The molecule has 0 bridgehead atoms. The van der Waals surface area contributed by atoms with Crippen LogP contribution >= 0.6 is 11.6 Å². The summed E-state index contributed by atoms with van der Waals surface area (Å²) >= 11 is 6.17. The molecule has 2 rings (SSSR count). The lowest BCUT2D eigenvalue weighted by Gasteiger charge is -2.22. The van der Waals surface area contributed by atoms with Crippen molar-refractivity contribution in [3.05, 3.63) is 16.4 Å². The normalized spacial score (nSPS) is 14.6. The second-order valence-electron chi connectivity index (χ2n) is 5.93. The zero-order valence-electron chi connectivity index (χ0n) is 14.6. The zero-order valence-corrected chi connectivity index (χ0v) is 15.4. The minimum Gasteiger partial charge on any atom is -0.395 e. The van der Waals surface area contributed by atoms with E-state index >= 15 is 0 Å². The molecule has 1 aromatic rings. The van der Waals surface area contributed by atoms with E-state index in [9.17, 15) is 0 Å². The van der Waals surface area contributed by atoms with Gasteiger partial charge >= 0.3 is 0 Å². The highest BCUT2D eigenvalue weighted by molar-refractivity contribution is 6.32. The van der Waals surface area contributed by atoms with Gasteiger partial charge in [-0.1, -0.05) is 52.1 Å². The maximum atomic E-state index is 6.17. The molecule has 0 radical (unpaired) electrons. The fourth-order valence-electron chi connectivity index (χ4n) is 3.01. The summed E-state index contributed by atoms with van der Waals surface area (Å²) in [4.78, 5) is 4.45. The number of nitrogens with one attached hydrogen (secondary N) is 1. The van der Waals surface area contributed by atoms with E-state index in [2.05, 4.69) is 24.1 Å². The van der Waals surface area contributed by atoms with E-state index in [0.29, 0.717) is 10.8 Å². The molecular weight excluding hydrogens is 294 g/mol. The number of nitrogens with zero attached hydrogens (tertiary/aromatic N) is 1. The first kappa shape index (κ1) is 19.1. The number of hydrogen-bond donors (Lipinski definition) is 2. The molecule has 1 aliphatic rings. The Morgan fingerprint density at radius 3 is 2.59 bits per heavy atom. The van der Waals surface area contributed by atoms with E-state index in [0.717, 1.165) is 36.7 Å². The predicted molar refractivity (Wildman–Crippen MR) is 98.8 cm³/mol. The van der Waals surface area contributed by atoms with Gasteiger partial charge in [-0.05, 0) is 43.6 Å². The lowest BCUT2D eigenvalue weighted by atomic mass is 9.94. The Balaban J connectivity index is 0.00000116. The quantitative estimate of drug-likeness (QED) is 0.683. The Morgan fingerprint density at radius 1 is 1.23 bits per heavy atom. The summed E-state index contributed by atoms with van der Waals surface area (Å²) in [5.74, 6) is 0.752. The minimum absolute atomic E-state index is 0.453. The fourth-order valence-corrected chi connectivity index (χ4v) is 3.21. The van der Waals surface area contributed by atoms with Crippen molar-refractivity contribution in [1.82, 2.24) is 4.98 Å². The van der Waals surface area contributed by atoms with Gasteiger partial charge in [0.15, 0.2) is 5.15 Å². The first-order valence-electron chi connectivity index (χ1n) is 8.84. The molecule has 0 saturated carbocycles. The number of aryl methyl sites for hydroxylation is 1. The van der Waals surface area contributed by atoms with Crippen molar-refractivity contribution in [3.8, 4) is 0 Å². The lowest BCUT2D eigenvalue weighted by Crippen LogP contribution is -2.15. The second-order valence-corrected chi connectivity index (χ2v) is 6.29. The van der Waals surface area contributed by atoms with Crippen molar-refractivity contribution in [3.63, 3.8) is 0 Å². The van der Waals surface area contributed by atoms with Crippen LogP contribution in [0.15, 0.2) is 0 Å². The molecule has 1 aromatic heterocycles. The van der Waals surface area contributed by atoms with Crippen molar-refractivity contribution < 1.29 is 0 Å². The van der Waals surface area contributed by atoms with E-state index in [1.807, 2.05) is 13.8 Å². The molecule has 1 unspecified atom stereocenters. The SMILES string of the molecule is CC.CCCC(C)CCNc1c(N)c(Cl)nc2c1CCCC2. The molecule has 1 aliphatic carbocycles. The molecule has 0 saturated heterocycles. The van der Waals surface area contributed by atoms with E-state index in [-0.39, 0.29) is 0 Å². The van der Waals surface area contributed by atoms with Gasteiger partial charge < -0.3 is 11.1 Å². The van der Waals surface area contributed by atoms with Gasteiger partial charge in [-0.3, -0.25) is 0 Å². The number of nitrogens with two attached hydrogens (primary N) is 1. The maximum Gasteiger partial charge on any atom is 0.154 e. The summed E-state index contributed by atoms with van der Waals surface area (Å²) in [5, 5.41) is 3.98. The van der Waals surface area contributed by atoms with Crippen LogP contribution in [0.1, 0.15) is 71.1 Å². The number of hydrogen-bond acceptors (Lipinski definition) is 3. The fraction of sp³-hybridized carbons (Fsp3) is 0.722. The average molecular weight is 326 g/mol. The van der Waals surface area contributed by atoms with E-state index in [1.54, 1.807) is 0 Å². The van der Waals surface area contributed by atoms with Crippen molar-refractivity contribution in [2.24, 2.45) is 5.92 Å². The molecular formula is C18H32ClN3. The van der Waals surface area contributed by atoms with Gasteiger partial charge in [0, 0.05) is 12.2 Å². The van der Waals surface area contributed by atoms with Crippen LogP contribution in [-0.2, 0) is 12.8 Å². The maximum absolute atomic E-state index is 6.17. The zero-order chi connectivity index (χ0) is 16.5. The average Bonchev–Trinajstić information content (AvgIpc) is 2.53. The molecule has 0 spiro atoms. The Kier molecular flexibility index (Phi) is 8.62. The third-order valence-electron chi connectivity index (χ3n) is 4.19. The third kappa shape index (κ3) is 5.05.